The number of hydrogen-bond donors (Lipinski definition) is 1. The average Bonchev–Trinajstić information content (AvgIpc) is 4.01. The van der Waals surface area contributed by atoms with Gasteiger partial charge in [0.15, 0.2) is 0 Å². The Morgan fingerprint density at radius 3 is 1.52 bits per heavy atom. The second kappa shape index (κ2) is 21.8. The van der Waals surface area contributed by atoms with Gasteiger partial charge in [-0.25, -0.2) is 9.97 Å². The van der Waals surface area contributed by atoms with E-state index in [9.17, 15) is 31.4 Å². The maximum absolute atomic E-state index is 14.7. The molecular formula is C49H49BrF6N6O7. The number of aliphatic hydroxyl groups is 1. The van der Waals surface area contributed by atoms with Crippen LogP contribution in [0.25, 0.3) is 23.2 Å². The molecule has 366 valence electrons. The number of allylic oxidation sites excluding steroid dienone is 2. The zero-order chi connectivity index (χ0) is 49.4. The summed E-state index contributed by atoms with van der Waals surface area (Å²) in [7, 11) is 0. The van der Waals surface area contributed by atoms with E-state index in [0.717, 1.165) is 5.56 Å². The Hall–Kier alpha value is -5.96. The third-order valence-corrected chi connectivity index (χ3v) is 11.9. The second-order valence-electron chi connectivity index (χ2n) is 16.6. The minimum atomic E-state index is -4.85. The van der Waals surface area contributed by atoms with Crippen molar-refractivity contribution in [1.29, 1.82) is 0 Å². The molecule has 6 aromatic rings. The predicted octanol–water partition coefficient (Wildman–Crippen LogP) is 12.1. The van der Waals surface area contributed by atoms with E-state index in [2.05, 4.69) is 46.3 Å². The number of rotatable bonds is 7. The summed E-state index contributed by atoms with van der Waals surface area (Å²) in [5.74, 6) is -1.18. The summed E-state index contributed by atoms with van der Waals surface area (Å²) in [4.78, 5) is 8.85. The summed E-state index contributed by atoms with van der Waals surface area (Å²) in [6.45, 7) is 6.30. The first-order chi connectivity index (χ1) is 32.9. The molecule has 0 amide bonds. The number of benzene rings is 2. The number of hydrogen-bond acceptors (Lipinski definition) is 13. The van der Waals surface area contributed by atoms with Gasteiger partial charge in [-0.05, 0) is 92.6 Å². The van der Waals surface area contributed by atoms with Crippen LogP contribution in [-0.4, -0.2) is 60.0 Å². The zero-order valence-corrected chi connectivity index (χ0v) is 39.6. The molecule has 2 aliphatic heterocycles. The van der Waals surface area contributed by atoms with Crippen LogP contribution in [0.1, 0.15) is 92.0 Å². The molecule has 6 heterocycles. The van der Waals surface area contributed by atoms with Crippen molar-refractivity contribution in [2.45, 2.75) is 122 Å². The molecule has 69 heavy (non-hydrogen) atoms. The van der Waals surface area contributed by atoms with E-state index in [1.54, 1.807) is 104 Å². The quantitative estimate of drug-likeness (QED) is 0.119. The van der Waals surface area contributed by atoms with E-state index in [0.29, 0.717) is 45.4 Å². The number of pyridine rings is 2. The molecule has 0 radical (unpaired) electrons. The Morgan fingerprint density at radius 2 is 1.07 bits per heavy atom. The maximum Gasteiger partial charge on any atom is 0.426 e. The molecule has 0 aliphatic carbocycles. The number of aliphatic hydroxyl groups excluding tert-OH is 1. The molecule has 20 heteroatoms. The van der Waals surface area contributed by atoms with E-state index in [1.807, 2.05) is 20.8 Å². The highest BCUT2D eigenvalue weighted by molar-refractivity contribution is 9.10. The third-order valence-electron chi connectivity index (χ3n) is 11.3. The van der Waals surface area contributed by atoms with E-state index < -0.39 is 54.8 Å². The summed E-state index contributed by atoms with van der Waals surface area (Å²) >= 11 is 3.39. The van der Waals surface area contributed by atoms with Crippen LogP contribution in [0.3, 0.4) is 0 Å². The van der Waals surface area contributed by atoms with E-state index >= 15 is 0 Å². The molecule has 2 aromatic carbocycles. The number of ether oxygens (including phenoxy) is 4. The number of nitrogens with zero attached hydrogens (tertiary/aromatic N) is 6. The Balaban J connectivity index is 0.000000204. The first-order valence-electron chi connectivity index (χ1n) is 22.0. The first-order valence-corrected chi connectivity index (χ1v) is 22.8. The van der Waals surface area contributed by atoms with Gasteiger partial charge in [0, 0.05) is 34.0 Å². The van der Waals surface area contributed by atoms with Crippen LogP contribution in [0.2, 0.25) is 0 Å². The normalized spacial score (nSPS) is 20.9. The van der Waals surface area contributed by atoms with E-state index in [-0.39, 0.29) is 67.3 Å². The summed E-state index contributed by atoms with van der Waals surface area (Å²) < 4.78 is 123. The molecule has 4 aromatic heterocycles. The van der Waals surface area contributed by atoms with Gasteiger partial charge in [0.25, 0.3) is 23.6 Å². The van der Waals surface area contributed by atoms with E-state index in [1.165, 1.54) is 0 Å². The van der Waals surface area contributed by atoms with Crippen LogP contribution in [0.5, 0.6) is 11.8 Å². The van der Waals surface area contributed by atoms with Crippen LogP contribution in [0, 0.1) is 13.8 Å². The van der Waals surface area contributed by atoms with Crippen molar-refractivity contribution in [1.82, 2.24) is 30.4 Å². The van der Waals surface area contributed by atoms with Crippen LogP contribution in [0.4, 0.5) is 26.3 Å². The molecule has 1 N–H and O–H groups in total. The fraction of sp³-hybridized carbons (Fsp3) is 0.388. The van der Waals surface area contributed by atoms with Crippen molar-refractivity contribution in [3.05, 3.63) is 141 Å². The minimum absolute atomic E-state index is 0.0587. The zero-order valence-electron chi connectivity index (χ0n) is 38.0. The molecule has 0 saturated carbocycles. The third kappa shape index (κ3) is 11.7. The summed E-state index contributed by atoms with van der Waals surface area (Å²) in [5, 5.41) is 25.1. The summed E-state index contributed by atoms with van der Waals surface area (Å²) in [6, 6.07) is 20.6. The fourth-order valence-corrected chi connectivity index (χ4v) is 8.07. The number of aryl methyl sites for hydroxylation is 2. The number of fused-ring (bicyclic) bond motifs is 10. The lowest BCUT2D eigenvalue weighted by atomic mass is 9.95. The highest BCUT2D eigenvalue weighted by Gasteiger charge is 2.62. The lowest BCUT2D eigenvalue weighted by Gasteiger charge is -2.32. The number of aromatic nitrogens is 6. The number of alkyl halides is 6. The average molecular weight is 1030 g/mol. The van der Waals surface area contributed by atoms with E-state index in [4.69, 9.17) is 27.8 Å². The minimum Gasteiger partial charge on any atom is -0.474 e. The lowest BCUT2D eigenvalue weighted by Crippen LogP contribution is -2.45. The van der Waals surface area contributed by atoms with Gasteiger partial charge in [-0.2, -0.15) is 26.3 Å². The van der Waals surface area contributed by atoms with Gasteiger partial charge in [-0.3, -0.25) is 0 Å². The highest BCUT2D eigenvalue weighted by Crippen LogP contribution is 2.48. The first kappa shape index (κ1) is 50.9. The molecule has 2 aliphatic rings. The van der Waals surface area contributed by atoms with Crippen molar-refractivity contribution < 1.29 is 59.2 Å². The Morgan fingerprint density at radius 1 is 0.638 bits per heavy atom. The Bertz CT molecular complexity index is 2720. The van der Waals surface area contributed by atoms with Gasteiger partial charge in [0.1, 0.15) is 23.6 Å². The monoisotopic (exact) mass is 1030 g/mol. The topological polar surface area (TPSA) is 161 Å². The van der Waals surface area contributed by atoms with Gasteiger partial charge in [0.2, 0.25) is 23.0 Å². The van der Waals surface area contributed by atoms with Gasteiger partial charge >= 0.3 is 12.4 Å². The molecule has 4 atom stereocenters. The van der Waals surface area contributed by atoms with Gasteiger partial charge in [0.05, 0.1) is 19.8 Å². The summed E-state index contributed by atoms with van der Waals surface area (Å²) in [6.07, 6.45) is -3.03. The van der Waals surface area contributed by atoms with Crippen LogP contribution < -0.4 is 9.47 Å². The number of halogens is 7. The molecule has 0 fully saturated rings. The second-order valence-corrected chi connectivity index (χ2v) is 17.4. The Labute approximate surface area is 402 Å². The Kier molecular flexibility index (Phi) is 16.1. The molecule has 0 spiro atoms. The largest absolute Gasteiger partial charge is 0.474 e. The maximum atomic E-state index is 14.7. The molecule has 8 bridgehead atoms. The van der Waals surface area contributed by atoms with Gasteiger partial charge in [-0.1, -0.05) is 85.0 Å². The lowest BCUT2D eigenvalue weighted by molar-refractivity contribution is -0.299. The molecule has 13 nitrogen and oxygen atoms in total. The van der Waals surface area contributed by atoms with Gasteiger partial charge < -0.3 is 32.9 Å². The van der Waals surface area contributed by atoms with Crippen molar-refractivity contribution in [3.8, 4) is 34.9 Å². The predicted molar refractivity (Wildman–Crippen MR) is 242 cm³/mol. The van der Waals surface area contributed by atoms with Crippen molar-refractivity contribution in [2.75, 3.05) is 0 Å². The van der Waals surface area contributed by atoms with Crippen molar-refractivity contribution >= 4 is 15.9 Å². The summed E-state index contributed by atoms with van der Waals surface area (Å²) in [5.41, 5.74) is -2.45. The smallest absolute Gasteiger partial charge is 0.426 e. The highest BCUT2D eigenvalue weighted by atomic mass is 79.9. The molecule has 0 unspecified atom stereocenters. The van der Waals surface area contributed by atoms with Crippen molar-refractivity contribution in [2.24, 2.45) is 0 Å². The van der Waals surface area contributed by atoms with Crippen molar-refractivity contribution in [3.63, 3.8) is 0 Å². The SMILES string of the molecule is Cc1cc(Br)c2nc1O[C@H](C)CC=CCC[C@](OCc1ccccc1)(C(F)(F)F)c1nnc-2o1.Cc1cc(CO)c2nc1O[C@H](C)CC=CCC[C@](OCc1ccccc1)(C(F)(F)F)c1nnc-2o1. The molecule has 8 rings (SSSR count). The molecular weight excluding hydrogens is 978 g/mol. The molecule has 0 saturated heterocycles. The van der Waals surface area contributed by atoms with Gasteiger partial charge in [-0.15, -0.1) is 20.4 Å². The van der Waals surface area contributed by atoms with Crippen LogP contribution in [-0.2, 0) is 40.5 Å². The fourth-order valence-electron chi connectivity index (χ4n) is 7.47. The standard InChI is InChI=1S/C25H26F3N3O4.C24H23BrF3N3O3/c1-16-13-19(14-32)20-22-30-31-23(35-22)24(25(26,27)28,33-15-18-10-6-3-7-11-18)12-8-4-5-9-17(2)34-21(16)29-20;1-15-13-18(25)19-21-30-31-22(34-21)23(24(26,27)28,32-14-17-10-6-3-7-11-17)12-8-4-5-9-16(2)33-20(15)29-19/h3-7,10-11,13,17,32H,8-9,12,14-15H2,1-2H3;3-7,10-11,13,16H,8-9,12,14H2,1-2H3/t17-,24-;16-,23-/m11/s1. The van der Waals surface area contributed by atoms with Crippen LogP contribution in [0.15, 0.2) is 110 Å². The van der Waals surface area contributed by atoms with Crippen LogP contribution >= 0.6 is 15.9 Å².